The Balaban J connectivity index is 5.37. The first-order chi connectivity index (χ1) is 10.2. The minimum Gasteiger partial charge on any atom is -0.462 e. The first-order valence-corrected chi connectivity index (χ1v) is 7.28. The molecule has 0 fully saturated rings. The summed E-state index contributed by atoms with van der Waals surface area (Å²) in [5.41, 5.74) is 0. The zero-order valence-corrected chi connectivity index (χ0v) is 14.3. The second kappa shape index (κ2) is 10.3. The molecule has 0 bridgehead atoms. The Labute approximate surface area is 139 Å². The maximum Gasteiger partial charge on any atom is 0.303 e. The number of hydrogen-bond acceptors (Lipinski definition) is 8. The van der Waals surface area contributed by atoms with Crippen molar-refractivity contribution in [1.29, 1.82) is 0 Å². The molecule has 0 aromatic carbocycles. The predicted molar refractivity (Wildman–Crippen MR) is 77.6 cm³/mol. The number of ether oxygens (including phenoxy) is 4. The second-order valence-electron chi connectivity index (χ2n) is 4.06. The van der Waals surface area contributed by atoms with Crippen LogP contribution in [-0.2, 0) is 38.1 Å². The van der Waals surface area contributed by atoms with Crippen LogP contribution in [0.25, 0.3) is 0 Å². The first-order valence-electron chi connectivity index (χ1n) is 6.04. The molecule has 0 amide bonds. The van der Waals surface area contributed by atoms with Crippen molar-refractivity contribution in [1.82, 2.24) is 0 Å². The molecule has 0 spiro atoms. The van der Waals surface area contributed by atoms with E-state index in [2.05, 4.69) is 9.47 Å². The summed E-state index contributed by atoms with van der Waals surface area (Å²) in [5, 5.41) is 0. The van der Waals surface area contributed by atoms with Gasteiger partial charge in [0.25, 0.3) is 6.47 Å². The number of halogens is 2. The lowest BCUT2D eigenvalue weighted by molar-refractivity contribution is -0.187. The monoisotopic (exact) mass is 434 g/mol. The lowest BCUT2D eigenvalue weighted by Gasteiger charge is -2.31. The van der Waals surface area contributed by atoms with Crippen molar-refractivity contribution in [2.75, 3.05) is 6.61 Å². The number of carbonyl (C=O) groups excluding carboxylic acids is 4. The Kier molecular flexibility index (Phi) is 9.61. The van der Waals surface area contributed by atoms with Crippen LogP contribution in [0.4, 0.5) is 4.39 Å². The fourth-order valence-electron chi connectivity index (χ4n) is 1.48. The van der Waals surface area contributed by atoms with Crippen molar-refractivity contribution in [3.05, 3.63) is 0 Å². The quantitative estimate of drug-likeness (QED) is 0.172. The van der Waals surface area contributed by atoms with E-state index in [0.717, 1.165) is 20.8 Å². The summed E-state index contributed by atoms with van der Waals surface area (Å²) >= 11 is 1.32. The zero-order chi connectivity index (χ0) is 17.3. The second-order valence-corrected chi connectivity index (χ2v) is 5.25. The Bertz CT molecular complexity index is 414. The molecule has 10 heteroatoms. The largest absolute Gasteiger partial charge is 0.462 e. The number of carbonyl (C=O) groups is 4. The number of alkyl halides is 2. The van der Waals surface area contributed by atoms with Gasteiger partial charge in [0.15, 0.2) is 22.5 Å². The van der Waals surface area contributed by atoms with Crippen molar-refractivity contribution < 1.29 is 42.5 Å². The third kappa shape index (κ3) is 8.10. The molecule has 0 heterocycles. The van der Waals surface area contributed by atoms with Gasteiger partial charge in [-0.25, -0.2) is 4.39 Å². The maximum absolute atomic E-state index is 13.7. The molecule has 22 heavy (non-hydrogen) atoms. The molecule has 8 nitrogen and oxygen atoms in total. The van der Waals surface area contributed by atoms with E-state index in [1.165, 1.54) is 22.6 Å². The van der Waals surface area contributed by atoms with Crippen LogP contribution in [0.5, 0.6) is 0 Å². The highest BCUT2D eigenvalue weighted by molar-refractivity contribution is 14.1. The molecule has 0 aliphatic heterocycles. The lowest BCUT2D eigenvalue weighted by Crippen LogP contribution is -2.49. The van der Waals surface area contributed by atoms with Crippen molar-refractivity contribution in [2.24, 2.45) is 0 Å². The maximum atomic E-state index is 13.7. The number of rotatable bonds is 9. The Morgan fingerprint density at radius 2 is 1.55 bits per heavy atom. The van der Waals surface area contributed by atoms with Gasteiger partial charge in [-0.1, -0.05) is 0 Å². The lowest BCUT2D eigenvalue weighted by atomic mass is 10.1. The van der Waals surface area contributed by atoms with Gasteiger partial charge in [0.05, 0.1) is 0 Å². The van der Waals surface area contributed by atoms with Gasteiger partial charge in [0.2, 0.25) is 0 Å². The van der Waals surface area contributed by atoms with Gasteiger partial charge < -0.3 is 18.9 Å². The van der Waals surface area contributed by atoms with Gasteiger partial charge in [-0.2, -0.15) is 0 Å². The molecule has 1 unspecified atom stereocenters. The van der Waals surface area contributed by atoms with Gasteiger partial charge in [-0.05, 0) is 22.6 Å². The van der Waals surface area contributed by atoms with Crippen LogP contribution in [-0.4, -0.2) is 53.5 Å². The fourth-order valence-corrected chi connectivity index (χ4v) is 2.04. The molecule has 0 aromatic rings. The summed E-state index contributed by atoms with van der Waals surface area (Å²) < 4.78 is 30.9. The van der Waals surface area contributed by atoms with E-state index in [0.29, 0.717) is 0 Å². The SMILES string of the molecule is CC(=O)OC[C@@H](OC=O)[C@H](OC(C)=O)[C@H](OC(C)=O)C(F)I. The van der Waals surface area contributed by atoms with Gasteiger partial charge in [0.1, 0.15) is 6.61 Å². The van der Waals surface area contributed by atoms with E-state index < -0.39 is 47.0 Å². The summed E-state index contributed by atoms with van der Waals surface area (Å²) in [5.74, 6) is -2.32. The smallest absolute Gasteiger partial charge is 0.303 e. The minimum atomic E-state index is -1.76. The molecule has 0 saturated heterocycles. The highest BCUT2D eigenvalue weighted by Crippen LogP contribution is 2.22. The van der Waals surface area contributed by atoms with Gasteiger partial charge in [0, 0.05) is 20.8 Å². The van der Waals surface area contributed by atoms with Crippen LogP contribution in [0, 0.1) is 0 Å². The molecule has 126 valence electrons. The number of hydrogen-bond donors (Lipinski definition) is 0. The fraction of sp³-hybridized carbons (Fsp3) is 0.667. The Hall–Kier alpha value is -1.46. The van der Waals surface area contributed by atoms with E-state index in [9.17, 15) is 23.6 Å². The van der Waals surface area contributed by atoms with Crippen molar-refractivity contribution in [3.63, 3.8) is 0 Å². The highest BCUT2D eigenvalue weighted by atomic mass is 127. The summed E-state index contributed by atoms with van der Waals surface area (Å²) in [6.45, 7) is 2.72. The first kappa shape index (κ1) is 20.5. The summed E-state index contributed by atoms with van der Waals surface area (Å²) in [6.07, 6.45) is -4.34. The van der Waals surface area contributed by atoms with Crippen molar-refractivity contribution in [2.45, 2.75) is 43.3 Å². The molecule has 0 N–H and O–H groups in total. The zero-order valence-electron chi connectivity index (χ0n) is 12.1. The summed E-state index contributed by atoms with van der Waals surface area (Å²) in [7, 11) is 0. The molecule has 0 aliphatic rings. The van der Waals surface area contributed by atoms with Gasteiger partial charge in [-0.3, -0.25) is 19.2 Å². The van der Waals surface area contributed by atoms with E-state index in [1.807, 2.05) is 0 Å². The molecule has 0 radical (unpaired) electrons. The molecule has 0 aromatic heterocycles. The summed E-state index contributed by atoms with van der Waals surface area (Å²) in [4.78, 5) is 43.6. The molecular formula is C12H16FIO8. The molecule has 4 atom stereocenters. The van der Waals surface area contributed by atoms with Crippen LogP contribution < -0.4 is 0 Å². The molecule has 0 rings (SSSR count). The third-order valence-electron chi connectivity index (χ3n) is 2.22. The molecule has 0 saturated carbocycles. The van der Waals surface area contributed by atoms with Crippen LogP contribution in [0.1, 0.15) is 20.8 Å². The standard InChI is InChI=1S/C12H16FIO8/c1-6(16)19-4-9(20-5-15)10(21-7(2)17)11(12(13)14)22-8(3)18/h5,9-12H,4H2,1-3H3/t9-,10+,11+,12?/m1/s1. The third-order valence-corrected chi connectivity index (χ3v) is 2.93. The van der Waals surface area contributed by atoms with Gasteiger partial charge >= 0.3 is 17.9 Å². The normalized spacial score (nSPS) is 15.7. The van der Waals surface area contributed by atoms with E-state index in [-0.39, 0.29) is 6.47 Å². The molecular weight excluding hydrogens is 418 g/mol. The van der Waals surface area contributed by atoms with Crippen molar-refractivity contribution in [3.8, 4) is 0 Å². The number of esters is 3. The minimum absolute atomic E-state index is 0.0237. The Morgan fingerprint density at radius 3 is 1.91 bits per heavy atom. The van der Waals surface area contributed by atoms with E-state index >= 15 is 0 Å². The average molecular weight is 434 g/mol. The Morgan fingerprint density at radius 1 is 1.05 bits per heavy atom. The van der Waals surface area contributed by atoms with Crippen LogP contribution in [0.3, 0.4) is 0 Å². The van der Waals surface area contributed by atoms with Crippen LogP contribution >= 0.6 is 22.6 Å². The van der Waals surface area contributed by atoms with E-state index in [1.54, 1.807) is 0 Å². The van der Waals surface area contributed by atoms with Crippen LogP contribution in [0.2, 0.25) is 0 Å². The van der Waals surface area contributed by atoms with Gasteiger partial charge in [-0.15, -0.1) is 0 Å². The van der Waals surface area contributed by atoms with Crippen LogP contribution in [0.15, 0.2) is 0 Å². The van der Waals surface area contributed by atoms with E-state index in [4.69, 9.17) is 9.47 Å². The topological polar surface area (TPSA) is 105 Å². The predicted octanol–water partition coefficient (Wildman–Crippen LogP) is 0.685. The highest BCUT2D eigenvalue weighted by Gasteiger charge is 2.41. The average Bonchev–Trinajstić information content (AvgIpc) is 2.37. The van der Waals surface area contributed by atoms with Crippen molar-refractivity contribution >= 4 is 47.0 Å². The summed E-state index contributed by atoms with van der Waals surface area (Å²) in [6, 6.07) is 0. The molecule has 0 aliphatic carbocycles.